The van der Waals surface area contributed by atoms with Gasteiger partial charge in [0.25, 0.3) is 11.8 Å². The van der Waals surface area contributed by atoms with Gasteiger partial charge in [-0.15, -0.1) is 11.3 Å². The van der Waals surface area contributed by atoms with E-state index in [-0.39, 0.29) is 11.8 Å². The van der Waals surface area contributed by atoms with E-state index in [1.165, 1.54) is 27.5 Å². The number of thiophene rings is 1. The van der Waals surface area contributed by atoms with E-state index >= 15 is 0 Å². The third kappa shape index (κ3) is 5.58. The summed E-state index contributed by atoms with van der Waals surface area (Å²) in [6, 6.07) is 12.3. The first-order valence-corrected chi connectivity index (χ1v) is 11.1. The summed E-state index contributed by atoms with van der Waals surface area (Å²) in [5.41, 5.74) is 2.42. The molecule has 1 unspecified atom stereocenters. The molecule has 0 bridgehead atoms. The van der Waals surface area contributed by atoms with Crippen LogP contribution in [0.4, 0.5) is 5.69 Å². The minimum Gasteiger partial charge on any atom is -0.378 e. The van der Waals surface area contributed by atoms with Crippen LogP contribution in [0.2, 0.25) is 0 Å². The molecular formula is C22H31N4O2S+. The Bertz CT molecular complexity index is 797. The highest BCUT2D eigenvalue weighted by Crippen LogP contribution is 2.14. The van der Waals surface area contributed by atoms with Crippen LogP contribution in [-0.2, 0) is 11.3 Å². The van der Waals surface area contributed by atoms with E-state index in [0.717, 1.165) is 18.0 Å². The van der Waals surface area contributed by atoms with Crippen LogP contribution in [0.25, 0.3) is 0 Å². The fourth-order valence-electron chi connectivity index (χ4n) is 3.55. The number of likely N-dealkylation sites (N-methyl/N-ethyl adjacent to an activating group) is 1. The minimum absolute atomic E-state index is 0.0779. The topological polar surface area (TPSA) is 48.3 Å². The maximum atomic E-state index is 12.8. The predicted molar refractivity (Wildman–Crippen MR) is 118 cm³/mol. The van der Waals surface area contributed by atoms with Crippen LogP contribution in [0.3, 0.4) is 0 Å². The van der Waals surface area contributed by atoms with Crippen molar-refractivity contribution in [1.82, 2.24) is 9.80 Å². The van der Waals surface area contributed by atoms with Gasteiger partial charge < -0.3 is 19.6 Å². The standard InChI is InChI=1S/C22H30N4O2S/c1-4-24(16-18-7-9-19(10-8-18)23(2)3)17-21(27)25-11-13-26(14-12-25)22(28)20-6-5-15-29-20/h5-10,15H,4,11-14,16-17H2,1-3H3/p+1. The van der Waals surface area contributed by atoms with Crippen molar-refractivity contribution in [3.63, 3.8) is 0 Å². The number of carbonyl (C=O) groups excluding carboxylic acids is 2. The molecule has 29 heavy (non-hydrogen) atoms. The largest absolute Gasteiger partial charge is 0.378 e. The number of rotatable bonds is 7. The summed E-state index contributed by atoms with van der Waals surface area (Å²) in [4.78, 5) is 33.1. The van der Waals surface area contributed by atoms with Crippen molar-refractivity contribution in [2.75, 3.05) is 58.3 Å². The van der Waals surface area contributed by atoms with Gasteiger partial charge in [-0.25, -0.2) is 0 Å². The van der Waals surface area contributed by atoms with Gasteiger partial charge in [-0.3, -0.25) is 9.59 Å². The zero-order valence-electron chi connectivity index (χ0n) is 17.6. The van der Waals surface area contributed by atoms with Gasteiger partial charge in [0, 0.05) is 51.5 Å². The summed E-state index contributed by atoms with van der Waals surface area (Å²) >= 11 is 1.47. The summed E-state index contributed by atoms with van der Waals surface area (Å²) < 4.78 is 0. The normalized spacial score (nSPS) is 15.3. The van der Waals surface area contributed by atoms with Gasteiger partial charge in [-0.1, -0.05) is 18.2 Å². The molecule has 2 aromatic rings. The number of piperazine rings is 1. The van der Waals surface area contributed by atoms with Gasteiger partial charge in [0.2, 0.25) is 0 Å². The highest BCUT2D eigenvalue weighted by molar-refractivity contribution is 7.12. The number of hydrogen-bond donors (Lipinski definition) is 1. The molecule has 1 atom stereocenters. The van der Waals surface area contributed by atoms with Crippen molar-refractivity contribution >= 4 is 28.8 Å². The van der Waals surface area contributed by atoms with Crippen LogP contribution in [0.1, 0.15) is 22.2 Å². The zero-order chi connectivity index (χ0) is 20.8. The van der Waals surface area contributed by atoms with E-state index in [1.54, 1.807) is 0 Å². The molecular weight excluding hydrogens is 384 g/mol. The first kappa shape index (κ1) is 21.3. The second kappa shape index (κ2) is 9.89. The Morgan fingerprint density at radius 3 is 2.24 bits per heavy atom. The summed E-state index contributed by atoms with van der Waals surface area (Å²) in [5, 5.41) is 1.92. The van der Waals surface area contributed by atoms with E-state index in [4.69, 9.17) is 0 Å². The molecule has 0 spiro atoms. The molecule has 2 amide bonds. The number of hydrogen-bond acceptors (Lipinski definition) is 4. The monoisotopic (exact) mass is 415 g/mol. The van der Waals surface area contributed by atoms with E-state index in [2.05, 4.69) is 36.1 Å². The molecule has 0 radical (unpaired) electrons. The third-order valence-corrected chi connectivity index (χ3v) is 6.32. The van der Waals surface area contributed by atoms with Crippen LogP contribution in [-0.4, -0.2) is 75.0 Å². The zero-order valence-corrected chi connectivity index (χ0v) is 18.4. The van der Waals surface area contributed by atoms with Gasteiger partial charge in [0.1, 0.15) is 6.54 Å². The quantitative estimate of drug-likeness (QED) is 0.739. The number of nitrogens with one attached hydrogen (secondary N) is 1. The lowest BCUT2D eigenvalue weighted by atomic mass is 10.2. The molecule has 3 rings (SSSR count). The summed E-state index contributed by atoms with van der Waals surface area (Å²) in [5.74, 6) is 0.254. The van der Waals surface area contributed by atoms with Crippen molar-refractivity contribution in [1.29, 1.82) is 0 Å². The van der Waals surface area contributed by atoms with Gasteiger partial charge in [0.05, 0.1) is 11.4 Å². The molecule has 1 N–H and O–H groups in total. The van der Waals surface area contributed by atoms with Crippen molar-refractivity contribution in [3.8, 4) is 0 Å². The second-order valence-electron chi connectivity index (χ2n) is 7.67. The second-order valence-corrected chi connectivity index (χ2v) is 8.62. The van der Waals surface area contributed by atoms with Crippen LogP contribution >= 0.6 is 11.3 Å². The number of nitrogens with zero attached hydrogens (tertiary/aromatic N) is 3. The van der Waals surface area contributed by atoms with Crippen LogP contribution in [0.15, 0.2) is 41.8 Å². The molecule has 2 heterocycles. The number of quaternary nitrogens is 1. The average molecular weight is 416 g/mol. The van der Waals surface area contributed by atoms with Crippen LogP contribution in [0, 0.1) is 0 Å². The van der Waals surface area contributed by atoms with Crippen molar-refractivity contribution in [2.24, 2.45) is 0 Å². The molecule has 1 aromatic carbocycles. The number of benzene rings is 1. The smallest absolute Gasteiger partial charge is 0.277 e. The first-order chi connectivity index (χ1) is 14.0. The van der Waals surface area contributed by atoms with Crippen molar-refractivity contribution < 1.29 is 14.5 Å². The van der Waals surface area contributed by atoms with Crippen molar-refractivity contribution in [2.45, 2.75) is 13.5 Å². The van der Waals surface area contributed by atoms with Gasteiger partial charge >= 0.3 is 0 Å². The molecule has 0 aliphatic carbocycles. The molecule has 1 aliphatic heterocycles. The Morgan fingerprint density at radius 2 is 1.69 bits per heavy atom. The fraction of sp³-hybridized carbons (Fsp3) is 0.455. The molecule has 156 valence electrons. The molecule has 1 aromatic heterocycles. The third-order valence-electron chi connectivity index (χ3n) is 5.46. The molecule has 1 aliphatic rings. The number of carbonyl (C=O) groups is 2. The molecule has 1 saturated heterocycles. The van der Waals surface area contributed by atoms with E-state index < -0.39 is 0 Å². The lowest BCUT2D eigenvalue weighted by Crippen LogP contribution is -3.11. The van der Waals surface area contributed by atoms with Gasteiger partial charge in [0.15, 0.2) is 6.54 Å². The number of anilines is 1. The molecule has 7 heteroatoms. The maximum absolute atomic E-state index is 12.8. The minimum atomic E-state index is 0.0779. The van der Waals surface area contributed by atoms with Crippen LogP contribution in [0.5, 0.6) is 0 Å². The lowest BCUT2D eigenvalue weighted by Gasteiger charge is -2.35. The maximum Gasteiger partial charge on any atom is 0.277 e. The first-order valence-electron chi connectivity index (χ1n) is 10.2. The average Bonchev–Trinajstić information content (AvgIpc) is 3.28. The summed E-state index contributed by atoms with van der Waals surface area (Å²) in [7, 11) is 4.07. The van der Waals surface area contributed by atoms with Gasteiger partial charge in [-0.05, 0) is 30.5 Å². The highest BCUT2D eigenvalue weighted by atomic mass is 32.1. The highest BCUT2D eigenvalue weighted by Gasteiger charge is 2.27. The SMILES string of the molecule is CC[NH+](CC(=O)N1CCN(C(=O)c2cccs2)CC1)Cc1ccc(N(C)C)cc1. The summed E-state index contributed by atoms with van der Waals surface area (Å²) in [6.45, 7) is 6.80. The predicted octanol–water partition coefficient (Wildman–Crippen LogP) is 1.20. The Labute approximate surface area is 177 Å². The van der Waals surface area contributed by atoms with E-state index in [9.17, 15) is 9.59 Å². The molecule has 6 nitrogen and oxygen atoms in total. The molecule has 0 saturated carbocycles. The van der Waals surface area contributed by atoms with Crippen LogP contribution < -0.4 is 9.80 Å². The Balaban J connectivity index is 1.49. The lowest BCUT2D eigenvalue weighted by molar-refractivity contribution is -0.904. The van der Waals surface area contributed by atoms with E-state index in [0.29, 0.717) is 32.7 Å². The Kier molecular flexibility index (Phi) is 7.28. The Hall–Kier alpha value is -2.38. The molecule has 1 fully saturated rings. The fourth-order valence-corrected chi connectivity index (χ4v) is 4.24. The van der Waals surface area contributed by atoms with Crippen molar-refractivity contribution in [3.05, 3.63) is 52.2 Å². The Morgan fingerprint density at radius 1 is 1.03 bits per heavy atom. The number of amides is 2. The van der Waals surface area contributed by atoms with Gasteiger partial charge in [-0.2, -0.15) is 0 Å². The summed E-state index contributed by atoms with van der Waals surface area (Å²) in [6.07, 6.45) is 0. The van der Waals surface area contributed by atoms with E-state index in [1.807, 2.05) is 41.4 Å².